The van der Waals surface area contributed by atoms with E-state index in [-0.39, 0.29) is 23.7 Å². The Morgan fingerprint density at radius 3 is 2.36 bits per heavy atom. The van der Waals surface area contributed by atoms with Crippen LogP contribution in [-0.2, 0) is 6.42 Å². The monoisotopic (exact) mass is 196 g/mol. The summed E-state index contributed by atoms with van der Waals surface area (Å²) in [7, 11) is 0. The van der Waals surface area contributed by atoms with Crippen molar-refractivity contribution in [2.24, 2.45) is 5.18 Å². The number of aromatic hydroxyl groups is 2. The molecular weight excluding hydrogens is 184 g/mol. The van der Waals surface area contributed by atoms with E-state index < -0.39 is 0 Å². The molecule has 0 aliphatic carbocycles. The Balaban J connectivity index is 2.74. The number of benzene rings is 1. The first kappa shape index (κ1) is 10.3. The van der Waals surface area contributed by atoms with Crippen molar-refractivity contribution >= 4 is 5.69 Å². The summed E-state index contributed by atoms with van der Waals surface area (Å²) in [5.74, 6) is -0.280. The van der Waals surface area contributed by atoms with E-state index in [0.29, 0.717) is 12.8 Å². The molecule has 0 radical (unpaired) electrons. The second-order valence-electron chi connectivity index (χ2n) is 3.00. The molecule has 0 bridgehead atoms. The maximum Gasteiger partial charge on any atom is 0.142 e. The molecule has 76 valence electrons. The molecule has 1 aromatic rings. The molecule has 0 aromatic heterocycles. The van der Waals surface area contributed by atoms with Gasteiger partial charge in [-0.15, -0.1) is 0 Å². The Bertz CT molecular complexity index is 316. The number of nitrogen functional groups attached to an aromatic ring is 1. The van der Waals surface area contributed by atoms with Crippen LogP contribution >= 0.6 is 0 Å². The summed E-state index contributed by atoms with van der Waals surface area (Å²) >= 11 is 0. The van der Waals surface area contributed by atoms with Crippen molar-refractivity contribution < 1.29 is 10.2 Å². The number of aryl methyl sites for hydroxylation is 1. The molecule has 0 amide bonds. The van der Waals surface area contributed by atoms with Gasteiger partial charge in [-0.2, -0.15) is 4.91 Å². The van der Waals surface area contributed by atoms with Gasteiger partial charge >= 0.3 is 0 Å². The van der Waals surface area contributed by atoms with Gasteiger partial charge in [0.25, 0.3) is 0 Å². The van der Waals surface area contributed by atoms with Gasteiger partial charge in [0, 0.05) is 0 Å². The van der Waals surface area contributed by atoms with Crippen molar-refractivity contribution in [1.82, 2.24) is 0 Å². The highest BCUT2D eigenvalue weighted by Gasteiger charge is 2.05. The van der Waals surface area contributed by atoms with Crippen LogP contribution in [-0.4, -0.2) is 16.8 Å². The molecule has 0 atom stereocenters. The van der Waals surface area contributed by atoms with E-state index in [1.54, 1.807) is 0 Å². The third-order valence-corrected chi connectivity index (χ3v) is 1.91. The van der Waals surface area contributed by atoms with Crippen LogP contribution in [0, 0.1) is 4.91 Å². The fraction of sp³-hybridized carbons (Fsp3) is 0.333. The Morgan fingerprint density at radius 2 is 1.86 bits per heavy atom. The van der Waals surface area contributed by atoms with Gasteiger partial charge in [0.05, 0.1) is 6.54 Å². The van der Waals surface area contributed by atoms with E-state index >= 15 is 0 Å². The van der Waals surface area contributed by atoms with E-state index in [1.807, 2.05) is 0 Å². The van der Waals surface area contributed by atoms with Gasteiger partial charge in [-0.25, -0.2) is 0 Å². The molecule has 0 fully saturated rings. The van der Waals surface area contributed by atoms with Gasteiger partial charge in [0.1, 0.15) is 17.2 Å². The third kappa shape index (κ3) is 2.35. The number of phenolic OH excluding ortho intramolecular Hbond substituents is 2. The van der Waals surface area contributed by atoms with Gasteiger partial charge in [-0.05, 0) is 30.5 Å². The summed E-state index contributed by atoms with van der Waals surface area (Å²) in [6.07, 6.45) is 1.17. The third-order valence-electron chi connectivity index (χ3n) is 1.91. The average Bonchev–Trinajstić information content (AvgIpc) is 2.14. The van der Waals surface area contributed by atoms with Gasteiger partial charge in [0.15, 0.2) is 0 Å². The van der Waals surface area contributed by atoms with Crippen molar-refractivity contribution in [2.45, 2.75) is 12.8 Å². The minimum Gasteiger partial charge on any atom is -0.506 e. The highest BCUT2D eigenvalue weighted by molar-refractivity contribution is 5.62. The number of hydrogen-bond donors (Lipinski definition) is 3. The second-order valence-corrected chi connectivity index (χ2v) is 3.00. The van der Waals surface area contributed by atoms with Crippen molar-refractivity contribution in [1.29, 1.82) is 0 Å². The lowest BCUT2D eigenvalue weighted by Gasteiger charge is -2.05. The number of anilines is 1. The molecule has 0 saturated heterocycles. The SMILES string of the molecule is Nc1c(O)cc(CCCN=O)cc1O. The molecule has 0 heterocycles. The number of rotatable bonds is 4. The Hall–Kier alpha value is -1.78. The van der Waals surface area contributed by atoms with E-state index in [2.05, 4.69) is 5.18 Å². The van der Waals surface area contributed by atoms with Crippen molar-refractivity contribution in [2.75, 3.05) is 12.3 Å². The first-order valence-corrected chi connectivity index (χ1v) is 4.24. The summed E-state index contributed by atoms with van der Waals surface area (Å²) in [4.78, 5) is 9.81. The highest BCUT2D eigenvalue weighted by Crippen LogP contribution is 2.31. The van der Waals surface area contributed by atoms with Crippen LogP contribution in [0.4, 0.5) is 5.69 Å². The van der Waals surface area contributed by atoms with E-state index in [9.17, 15) is 15.1 Å². The standard InChI is InChI=1S/C9H12N2O3/c10-9-7(12)4-6(5-8(9)13)2-1-3-11-14/h4-5,12-13H,1-3,10H2. The second kappa shape index (κ2) is 4.45. The van der Waals surface area contributed by atoms with Gasteiger partial charge in [0.2, 0.25) is 0 Å². The molecule has 1 aromatic carbocycles. The minimum absolute atomic E-state index is 0.0257. The number of nitrogens with zero attached hydrogens (tertiary/aromatic N) is 1. The zero-order chi connectivity index (χ0) is 10.6. The first-order valence-electron chi connectivity index (χ1n) is 4.24. The topological polar surface area (TPSA) is 95.9 Å². The zero-order valence-corrected chi connectivity index (χ0v) is 7.60. The van der Waals surface area contributed by atoms with Crippen LogP contribution < -0.4 is 5.73 Å². The molecule has 14 heavy (non-hydrogen) atoms. The maximum absolute atomic E-state index is 9.81. The van der Waals surface area contributed by atoms with Crippen LogP contribution in [0.3, 0.4) is 0 Å². The van der Waals surface area contributed by atoms with Crippen LogP contribution in [0.5, 0.6) is 11.5 Å². The molecule has 0 unspecified atom stereocenters. The van der Waals surface area contributed by atoms with Crippen LogP contribution in [0.25, 0.3) is 0 Å². The summed E-state index contributed by atoms with van der Waals surface area (Å²) in [6, 6.07) is 2.94. The van der Waals surface area contributed by atoms with E-state index in [4.69, 9.17) is 5.73 Å². The first-order chi connectivity index (χ1) is 6.65. The van der Waals surface area contributed by atoms with E-state index in [0.717, 1.165) is 5.56 Å². The molecule has 0 saturated carbocycles. The minimum atomic E-state index is -0.140. The number of nitroso groups, excluding NO2 is 1. The molecule has 0 aliphatic rings. The lowest BCUT2D eigenvalue weighted by atomic mass is 10.1. The molecule has 0 aliphatic heterocycles. The fourth-order valence-electron chi connectivity index (χ4n) is 1.17. The van der Waals surface area contributed by atoms with Gasteiger partial charge in [-0.3, -0.25) is 0 Å². The summed E-state index contributed by atoms with van der Waals surface area (Å²) in [5, 5.41) is 21.2. The molecule has 4 N–H and O–H groups in total. The smallest absolute Gasteiger partial charge is 0.142 e. The van der Waals surface area contributed by atoms with Crippen LogP contribution in [0.15, 0.2) is 17.3 Å². The van der Waals surface area contributed by atoms with Gasteiger partial charge in [-0.1, -0.05) is 5.18 Å². The largest absolute Gasteiger partial charge is 0.506 e. The predicted molar refractivity (Wildman–Crippen MR) is 53.2 cm³/mol. The Labute approximate surface area is 81.1 Å². The van der Waals surface area contributed by atoms with Gasteiger partial charge < -0.3 is 15.9 Å². The molecule has 1 rings (SSSR count). The van der Waals surface area contributed by atoms with Crippen molar-refractivity contribution in [3.8, 4) is 11.5 Å². The Morgan fingerprint density at radius 1 is 1.29 bits per heavy atom. The number of hydrogen-bond acceptors (Lipinski definition) is 5. The lowest BCUT2D eigenvalue weighted by molar-refractivity contribution is 0.454. The number of nitrogens with two attached hydrogens (primary N) is 1. The summed E-state index contributed by atoms with van der Waals surface area (Å²) < 4.78 is 0. The normalized spacial score (nSPS) is 10.0. The quantitative estimate of drug-likeness (QED) is 0.293. The maximum atomic E-state index is 9.81. The molecule has 0 spiro atoms. The fourth-order valence-corrected chi connectivity index (χ4v) is 1.17. The Kier molecular flexibility index (Phi) is 3.28. The lowest BCUT2D eigenvalue weighted by Crippen LogP contribution is -1.92. The molecule has 5 heteroatoms. The zero-order valence-electron chi connectivity index (χ0n) is 7.60. The predicted octanol–water partition coefficient (Wildman–Crippen LogP) is 1.38. The summed E-state index contributed by atoms with van der Waals surface area (Å²) in [6.45, 7) is 0.228. The van der Waals surface area contributed by atoms with Crippen molar-refractivity contribution in [3.05, 3.63) is 22.6 Å². The van der Waals surface area contributed by atoms with E-state index in [1.165, 1.54) is 12.1 Å². The average molecular weight is 196 g/mol. The van der Waals surface area contributed by atoms with Crippen molar-refractivity contribution in [3.63, 3.8) is 0 Å². The highest BCUT2D eigenvalue weighted by atomic mass is 16.3. The molecular formula is C9H12N2O3. The summed E-state index contributed by atoms with van der Waals surface area (Å²) in [5.41, 5.74) is 6.05. The number of phenols is 2. The molecule has 5 nitrogen and oxygen atoms in total. The van der Waals surface area contributed by atoms with Crippen LogP contribution in [0.2, 0.25) is 0 Å². The van der Waals surface area contributed by atoms with Crippen LogP contribution in [0.1, 0.15) is 12.0 Å².